The van der Waals surface area contributed by atoms with E-state index in [2.05, 4.69) is 13.2 Å². The van der Waals surface area contributed by atoms with Crippen molar-refractivity contribution in [1.82, 2.24) is 0 Å². The van der Waals surface area contributed by atoms with Crippen molar-refractivity contribution in [3.05, 3.63) is 36.6 Å². The third kappa shape index (κ3) is 9.50. The van der Waals surface area contributed by atoms with Crippen molar-refractivity contribution in [2.75, 3.05) is 7.11 Å². The van der Waals surface area contributed by atoms with E-state index < -0.39 is 0 Å². The number of halogens is 1. The van der Waals surface area contributed by atoms with Crippen molar-refractivity contribution < 1.29 is 4.74 Å². The Morgan fingerprint density at radius 3 is 2.00 bits per heavy atom. The summed E-state index contributed by atoms with van der Waals surface area (Å²) in [6.45, 7) is 13.1. The van der Waals surface area contributed by atoms with Crippen LogP contribution in [0.25, 0.3) is 0 Å². The second-order valence-electron chi connectivity index (χ2n) is 1.71. The standard InChI is InChI=1S/C8H12O.C2H6.BrH/c1-5-6-7(2)8(3)9-4;1-2;/h5-6H,1,3H2,2,4H3;1-2H3;1H/b7-6-;;. The maximum absolute atomic E-state index is 4.85. The summed E-state index contributed by atoms with van der Waals surface area (Å²) in [7, 11) is 1.60. The molecule has 0 radical (unpaired) electrons. The van der Waals surface area contributed by atoms with Gasteiger partial charge in [-0.25, -0.2) is 0 Å². The Labute approximate surface area is 86.6 Å². The van der Waals surface area contributed by atoms with Gasteiger partial charge in [-0.3, -0.25) is 0 Å². The first kappa shape index (κ1) is 17.5. The highest BCUT2D eigenvalue weighted by molar-refractivity contribution is 8.93. The molecule has 0 aliphatic carbocycles. The maximum Gasteiger partial charge on any atom is 0.114 e. The minimum atomic E-state index is 0. The molecule has 0 atom stereocenters. The quantitative estimate of drug-likeness (QED) is 0.532. The lowest BCUT2D eigenvalue weighted by molar-refractivity contribution is 0.303. The normalized spacial score (nSPS) is 8.50. The molecule has 0 rings (SSSR count). The largest absolute Gasteiger partial charge is 0.497 e. The van der Waals surface area contributed by atoms with Gasteiger partial charge in [0.1, 0.15) is 5.76 Å². The fraction of sp³-hybridized carbons (Fsp3) is 0.400. The number of ether oxygens (including phenoxy) is 1. The van der Waals surface area contributed by atoms with Crippen LogP contribution in [0.3, 0.4) is 0 Å². The van der Waals surface area contributed by atoms with E-state index in [1.165, 1.54) is 0 Å². The fourth-order valence-electron chi connectivity index (χ4n) is 0.431. The van der Waals surface area contributed by atoms with Crippen LogP contribution >= 0.6 is 17.0 Å². The molecule has 0 fully saturated rings. The van der Waals surface area contributed by atoms with Gasteiger partial charge < -0.3 is 4.74 Å². The first-order chi connectivity index (χ1) is 5.22. The summed E-state index contributed by atoms with van der Waals surface area (Å²) in [5, 5.41) is 0. The van der Waals surface area contributed by atoms with Crippen LogP contribution < -0.4 is 0 Å². The van der Waals surface area contributed by atoms with E-state index in [-0.39, 0.29) is 17.0 Å². The molecule has 0 unspecified atom stereocenters. The third-order valence-electron chi connectivity index (χ3n) is 1.05. The van der Waals surface area contributed by atoms with Crippen LogP contribution in [0.2, 0.25) is 0 Å². The minimum Gasteiger partial charge on any atom is -0.497 e. The second kappa shape index (κ2) is 13.1. The highest BCUT2D eigenvalue weighted by Gasteiger charge is 1.90. The van der Waals surface area contributed by atoms with Gasteiger partial charge in [0.25, 0.3) is 0 Å². The van der Waals surface area contributed by atoms with Crippen molar-refractivity contribution in [3.63, 3.8) is 0 Å². The van der Waals surface area contributed by atoms with Gasteiger partial charge in [-0.1, -0.05) is 39.2 Å². The predicted molar refractivity (Wildman–Crippen MR) is 61.8 cm³/mol. The van der Waals surface area contributed by atoms with E-state index in [4.69, 9.17) is 4.74 Å². The highest BCUT2D eigenvalue weighted by Crippen LogP contribution is 2.05. The lowest BCUT2D eigenvalue weighted by Gasteiger charge is -2.01. The molecule has 0 saturated heterocycles. The van der Waals surface area contributed by atoms with E-state index in [0.717, 1.165) is 5.57 Å². The van der Waals surface area contributed by atoms with Gasteiger partial charge in [0.2, 0.25) is 0 Å². The summed E-state index contributed by atoms with van der Waals surface area (Å²) >= 11 is 0. The monoisotopic (exact) mass is 234 g/mol. The van der Waals surface area contributed by atoms with Crippen molar-refractivity contribution in [3.8, 4) is 0 Å². The zero-order valence-electron chi connectivity index (χ0n) is 8.39. The van der Waals surface area contributed by atoms with Crippen LogP contribution in [0.5, 0.6) is 0 Å². The van der Waals surface area contributed by atoms with Crippen molar-refractivity contribution >= 4 is 17.0 Å². The van der Waals surface area contributed by atoms with E-state index >= 15 is 0 Å². The van der Waals surface area contributed by atoms with Crippen molar-refractivity contribution in [2.24, 2.45) is 0 Å². The summed E-state index contributed by atoms with van der Waals surface area (Å²) in [6.07, 6.45) is 3.56. The van der Waals surface area contributed by atoms with E-state index in [0.29, 0.717) is 5.76 Å². The first-order valence-electron chi connectivity index (χ1n) is 3.75. The Bertz CT molecular complexity index is 148. The van der Waals surface area contributed by atoms with Crippen LogP contribution in [0.15, 0.2) is 36.6 Å². The molecule has 0 spiro atoms. The SMILES string of the molecule is Br.C=C/C=C(/C)C(=C)OC.CC. The van der Waals surface area contributed by atoms with Gasteiger partial charge in [-0.2, -0.15) is 0 Å². The van der Waals surface area contributed by atoms with Crippen molar-refractivity contribution in [2.45, 2.75) is 20.8 Å². The molecule has 0 aromatic carbocycles. The van der Waals surface area contributed by atoms with Gasteiger partial charge in [-0.15, -0.1) is 17.0 Å². The molecule has 72 valence electrons. The molecule has 0 amide bonds. The van der Waals surface area contributed by atoms with Gasteiger partial charge >= 0.3 is 0 Å². The van der Waals surface area contributed by atoms with Crippen molar-refractivity contribution in [1.29, 1.82) is 0 Å². The molecule has 0 aromatic heterocycles. The Hall–Kier alpha value is -0.500. The molecular formula is C10H19BrO. The number of hydrogen-bond acceptors (Lipinski definition) is 1. The number of allylic oxidation sites excluding steroid dienone is 3. The van der Waals surface area contributed by atoms with Crippen LogP contribution in [-0.4, -0.2) is 7.11 Å². The van der Waals surface area contributed by atoms with E-state index in [9.17, 15) is 0 Å². The summed E-state index contributed by atoms with van der Waals surface area (Å²) in [4.78, 5) is 0. The molecule has 0 heterocycles. The molecule has 0 saturated carbocycles. The van der Waals surface area contributed by atoms with Crippen LogP contribution in [-0.2, 0) is 4.74 Å². The Morgan fingerprint density at radius 1 is 1.33 bits per heavy atom. The maximum atomic E-state index is 4.85. The fourth-order valence-corrected chi connectivity index (χ4v) is 0.431. The lowest BCUT2D eigenvalue weighted by Crippen LogP contribution is -1.84. The van der Waals surface area contributed by atoms with E-state index in [1.807, 2.05) is 26.8 Å². The smallest absolute Gasteiger partial charge is 0.114 e. The zero-order chi connectivity index (χ0) is 9.28. The molecule has 12 heavy (non-hydrogen) atoms. The van der Waals surface area contributed by atoms with Crippen LogP contribution in [0.1, 0.15) is 20.8 Å². The Morgan fingerprint density at radius 2 is 1.75 bits per heavy atom. The van der Waals surface area contributed by atoms with E-state index in [1.54, 1.807) is 13.2 Å². The van der Waals surface area contributed by atoms with Gasteiger partial charge in [-0.05, 0) is 12.5 Å². The summed E-state index contributed by atoms with van der Waals surface area (Å²) in [5.41, 5.74) is 1.01. The summed E-state index contributed by atoms with van der Waals surface area (Å²) < 4.78 is 4.85. The topological polar surface area (TPSA) is 9.23 Å². The molecule has 0 bridgehead atoms. The summed E-state index contributed by atoms with van der Waals surface area (Å²) in [6, 6.07) is 0. The average Bonchev–Trinajstić information content (AvgIpc) is 2.07. The number of rotatable bonds is 3. The highest BCUT2D eigenvalue weighted by atomic mass is 79.9. The average molecular weight is 235 g/mol. The summed E-state index contributed by atoms with van der Waals surface area (Å²) in [5.74, 6) is 0.690. The first-order valence-corrected chi connectivity index (χ1v) is 3.75. The molecule has 0 aliphatic rings. The van der Waals surface area contributed by atoms with Gasteiger partial charge in [0, 0.05) is 0 Å². The van der Waals surface area contributed by atoms with Gasteiger partial charge in [0.05, 0.1) is 7.11 Å². The van der Waals surface area contributed by atoms with Gasteiger partial charge in [0.15, 0.2) is 0 Å². The third-order valence-corrected chi connectivity index (χ3v) is 1.05. The Balaban J connectivity index is -0.000000249. The lowest BCUT2D eigenvalue weighted by atomic mass is 10.2. The van der Waals surface area contributed by atoms with Crippen LogP contribution in [0.4, 0.5) is 0 Å². The molecule has 0 N–H and O–H groups in total. The molecule has 0 aromatic rings. The molecule has 2 heteroatoms. The zero-order valence-corrected chi connectivity index (χ0v) is 10.1. The number of hydrogen-bond donors (Lipinski definition) is 0. The molecular weight excluding hydrogens is 216 g/mol. The predicted octanol–water partition coefficient (Wildman–Crippen LogP) is 3.88. The Kier molecular flexibility index (Phi) is 19.2. The second-order valence-corrected chi connectivity index (χ2v) is 1.71. The number of methoxy groups -OCH3 is 1. The molecule has 0 aliphatic heterocycles. The molecule has 1 nitrogen and oxygen atoms in total. The van der Waals surface area contributed by atoms with Crippen LogP contribution in [0, 0.1) is 0 Å². The minimum absolute atomic E-state index is 0.